The minimum atomic E-state index is -3.62. The van der Waals surface area contributed by atoms with E-state index in [2.05, 4.69) is 0 Å². The first-order chi connectivity index (χ1) is 9.58. The monoisotopic (exact) mass is 298 g/mol. The molecule has 1 fully saturated rings. The van der Waals surface area contributed by atoms with Gasteiger partial charge in [-0.15, -0.1) is 0 Å². The van der Waals surface area contributed by atoms with Gasteiger partial charge in [0.2, 0.25) is 0 Å². The molecule has 1 aliphatic heterocycles. The summed E-state index contributed by atoms with van der Waals surface area (Å²) in [6.07, 6.45) is 5.25. The molecule has 0 bridgehead atoms. The van der Waals surface area contributed by atoms with Crippen molar-refractivity contribution >= 4 is 10.1 Å². The number of benzene rings is 1. The first-order valence-corrected chi connectivity index (χ1v) is 8.56. The highest BCUT2D eigenvalue weighted by Crippen LogP contribution is 2.18. The van der Waals surface area contributed by atoms with E-state index in [0.29, 0.717) is 6.42 Å². The zero-order valence-corrected chi connectivity index (χ0v) is 12.7. The van der Waals surface area contributed by atoms with Crippen LogP contribution in [-0.4, -0.2) is 27.7 Å². The van der Waals surface area contributed by atoms with Crippen LogP contribution >= 0.6 is 0 Å². The van der Waals surface area contributed by atoms with Crippen molar-refractivity contribution in [3.63, 3.8) is 0 Å². The molecule has 0 aromatic heterocycles. The van der Waals surface area contributed by atoms with Gasteiger partial charge in [-0.3, -0.25) is 4.18 Å². The summed E-state index contributed by atoms with van der Waals surface area (Å²) < 4.78 is 34.5. The average molecular weight is 298 g/mol. The molecule has 1 aliphatic rings. The van der Waals surface area contributed by atoms with E-state index in [-0.39, 0.29) is 17.6 Å². The van der Waals surface area contributed by atoms with E-state index in [1.807, 2.05) is 6.92 Å². The van der Waals surface area contributed by atoms with Gasteiger partial charge < -0.3 is 4.74 Å². The lowest BCUT2D eigenvalue weighted by molar-refractivity contribution is 0.00833. The second-order valence-corrected chi connectivity index (χ2v) is 6.84. The van der Waals surface area contributed by atoms with Gasteiger partial charge in [0.05, 0.1) is 17.6 Å². The lowest BCUT2D eigenvalue weighted by Gasteiger charge is -2.22. The Morgan fingerprint density at radius 3 is 2.65 bits per heavy atom. The standard InChI is InChI=1S/C15H22O4S/c1-13-7-9-15(10-8-13)20(16,17)19-12-4-6-14-5-2-3-11-18-14/h7-10,14H,2-6,11-12H2,1H3. The van der Waals surface area contributed by atoms with Gasteiger partial charge >= 0.3 is 0 Å². The maximum Gasteiger partial charge on any atom is 0.296 e. The molecule has 0 N–H and O–H groups in total. The zero-order valence-electron chi connectivity index (χ0n) is 11.9. The van der Waals surface area contributed by atoms with Gasteiger partial charge in [-0.1, -0.05) is 17.7 Å². The quantitative estimate of drug-likeness (QED) is 0.598. The molecule has 1 aromatic carbocycles. The molecule has 20 heavy (non-hydrogen) atoms. The van der Waals surface area contributed by atoms with Gasteiger partial charge in [-0.25, -0.2) is 0 Å². The molecule has 0 amide bonds. The zero-order chi connectivity index (χ0) is 14.4. The summed E-state index contributed by atoms with van der Waals surface area (Å²) >= 11 is 0. The highest BCUT2D eigenvalue weighted by Gasteiger charge is 2.16. The van der Waals surface area contributed by atoms with Crippen LogP contribution < -0.4 is 0 Å². The molecular formula is C15H22O4S. The van der Waals surface area contributed by atoms with E-state index in [0.717, 1.165) is 31.4 Å². The Hall–Kier alpha value is -0.910. The van der Waals surface area contributed by atoms with Crippen LogP contribution in [0.4, 0.5) is 0 Å². The van der Waals surface area contributed by atoms with Crippen molar-refractivity contribution in [2.45, 2.75) is 50.0 Å². The minimum Gasteiger partial charge on any atom is -0.378 e. The largest absolute Gasteiger partial charge is 0.378 e. The molecule has 1 atom stereocenters. The third-order valence-corrected chi connectivity index (χ3v) is 4.82. The third kappa shape index (κ3) is 4.58. The summed E-state index contributed by atoms with van der Waals surface area (Å²) in [6.45, 7) is 2.96. The summed E-state index contributed by atoms with van der Waals surface area (Å²) in [5.74, 6) is 0. The molecule has 1 aromatic rings. The fraction of sp³-hybridized carbons (Fsp3) is 0.600. The predicted molar refractivity (Wildman–Crippen MR) is 77.1 cm³/mol. The van der Waals surface area contributed by atoms with Crippen molar-refractivity contribution in [2.75, 3.05) is 13.2 Å². The van der Waals surface area contributed by atoms with Crippen molar-refractivity contribution in [3.05, 3.63) is 29.8 Å². The van der Waals surface area contributed by atoms with E-state index in [1.54, 1.807) is 24.3 Å². The van der Waals surface area contributed by atoms with E-state index >= 15 is 0 Å². The normalized spacial score (nSPS) is 19.9. The van der Waals surface area contributed by atoms with E-state index < -0.39 is 10.1 Å². The Morgan fingerprint density at radius 1 is 1.25 bits per heavy atom. The van der Waals surface area contributed by atoms with E-state index in [4.69, 9.17) is 8.92 Å². The van der Waals surface area contributed by atoms with Crippen LogP contribution in [0.5, 0.6) is 0 Å². The SMILES string of the molecule is Cc1ccc(S(=O)(=O)OCCCC2CCCCO2)cc1. The van der Waals surface area contributed by atoms with E-state index in [9.17, 15) is 8.42 Å². The van der Waals surface area contributed by atoms with Gasteiger partial charge in [0.15, 0.2) is 0 Å². The smallest absolute Gasteiger partial charge is 0.296 e. The van der Waals surface area contributed by atoms with Crippen LogP contribution in [0.3, 0.4) is 0 Å². The van der Waals surface area contributed by atoms with Gasteiger partial charge in [-0.05, 0) is 51.2 Å². The fourth-order valence-corrected chi connectivity index (χ4v) is 3.23. The Balaban J connectivity index is 1.76. The molecular weight excluding hydrogens is 276 g/mol. The fourth-order valence-electron chi connectivity index (χ4n) is 2.29. The van der Waals surface area contributed by atoms with Crippen LogP contribution in [0.2, 0.25) is 0 Å². The molecule has 0 saturated carbocycles. The molecule has 0 radical (unpaired) electrons. The summed E-state index contributed by atoms with van der Waals surface area (Å²) in [4.78, 5) is 0.219. The highest BCUT2D eigenvalue weighted by molar-refractivity contribution is 7.86. The summed E-state index contributed by atoms with van der Waals surface area (Å²) in [5, 5.41) is 0. The van der Waals surface area contributed by atoms with Crippen molar-refractivity contribution in [1.29, 1.82) is 0 Å². The van der Waals surface area contributed by atoms with Crippen LogP contribution in [0.15, 0.2) is 29.2 Å². The number of rotatable bonds is 6. The van der Waals surface area contributed by atoms with Crippen LogP contribution in [0.25, 0.3) is 0 Å². The van der Waals surface area contributed by atoms with Crippen LogP contribution in [0.1, 0.15) is 37.7 Å². The number of hydrogen-bond donors (Lipinski definition) is 0. The lowest BCUT2D eigenvalue weighted by Crippen LogP contribution is -2.19. The molecule has 0 aliphatic carbocycles. The topological polar surface area (TPSA) is 52.6 Å². The summed E-state index contributed by atoms with van der Waals surface area (Å²) in [5.41, 5.74) is 1.03. The van der Waals surface area contributed by atoms with Crippen molar-refractivity contribution in [2.24, 2.45) is 0 Å². The summed E-state index contributed by atoms with van der Waals surface area (Å²) in [7, 11) is -3.62. The predicted octanol–water partition coefficient (Wildman–Crippen LogP) is 3.05. The Labute approximate surface area is 121 Å². The van der Waals surface area contributed by atoms with Crippen molar-refractivity contribution in [3.8, 4) is 0 Å². The molecule has 5 heteroatoms. The molecule has 1 heterocycles. The van der Waals surface area contributed by atoms with Gasteiger partial charge in [0.25, 0.3) is 10.1 Å². The maximum atomic E-state index is 11.9. The molecule has 2 rings (SSSR count). The van der Waals surface area contributed by atoms with Crippen LogP contribution in [-0.2, 0) is 19.0 Å². The van der Waals surface area contributed by atoms with Gasteiger partial charge in [0.1, 0.15) is 0 Å². The average Bonchev–Trinajstić information content (AvgIpc) is 2.45. The van der Waals surface area contributed by atoms with Crippen molar-refractivity contribution < 1.29 is 17.3 Å². The maximum absolute atomic E-state index is 11.9. The highest BCUT2D eigenvalue weighted by atomic mass is 32.2. The second kappa shape index (κ2) is 7.20. The van der Waals surface area contributed by atoms with Gasteiger partial charge in [-0.2, -0.15) is 8.42 Å². The van der Waals surface area contributed by atoms with Crippen molar-refractivity contribution in [1.82, 2.24) is 0 Å². The van der Waals surface area contributed by atoms with Crippen LogP contribution in [0, 0.1) is 6.92 Å². The molecule has 1 unspecified atom stereocenters. The van der Waals surface area contributed by atoms with Gasteiger partial charge in [0, 0.05) is 6.61 Å². The first-order valence-electron chi connectivity index (χ1n) is 7.16. The molecule has 4 nitrogen and oxygen atoms in total. The summed E-state index contributed by atoms with van der Waals surface area (Å²) in [6, 6.07) is 6.70. The molecule has 1 saturated heterocycles. The van der Waals surface area contributed by atoms with E-state index in [1.165, 1.54) is 6.42 Å². The Morgan fingerprint density at radius 2 is 2.00 bits per heavy atom. The second-order valence-electron chi connectivity index (χ2n) is 5.22. The number of hydrogen-bond acceptors (Lipinski definition) is 4. The first kappa shape index (κ1) is 15.5. The third-order valence-electron chi connectivity index (χ3n) is 3.49. The number of aryl methyl sites for hydroxylation is 1. The Bertz CT molecular complexity index is 501. The Kier molecular flexibility index (Phi) is 5.57. The molecule has 112 valence electrons. The number of ether oxygens (including phenoxy) is 1. The minimum absolute atomic E-state index is 0.218. The molecule has 0 spiro atoms. The lowest BCUT2D eigenvalue weighted by atomic mass is 10.1.